The van der Waals surface area contributed by atoms with Gasteiger partial charge in [-0.15, -0.1) is 0 Å². The van der Waals surface area contributed by atoms with Crippen LogP contribution in [0.5, 0.6) is 0 Å². The summed E-state index contributed by atoms with van der Waals surface area (Å²) in [7, 11) is 0. The summed E-state index contributed by atoms with van der Waals surface area (Å²) in [6.45, 7) is 3.44. The SMILES string of the molecule is CC1=CCNC=C1NCc1cc(F)c2nccnc2c1. The lowest BCUT2D eigenvalue weighted by atomic mass is 10.1. The molecule has 0 atom stereocenters. The second-order valence-corrected chi connectivity index (χ2v) is 4.71. The van der Waals surface area contributed by atoms with Crippen LogP contribution in [0.4, 0.5) is 4.39 Å². The maximum absolute atomic E-state index is 13.9. The molecule has 0 bridgehead atoms. The van der Waals surface area contributed by atoms with Gasteiger partial charge in [-0.25, -0.2) is 9.37 Å². The molecule has 1 aromatic heterocycles. The second kappa shape index (κ2) is 5.28. The Hall–Kier alpha value is -2.43. The summed E-state index contributed by atoms with van der Waals surface area (Å²) in [4.78, 5) is 8.14. The first-order valence-electron chi connectivity index (χ1n) is 6.48. The Kier molecular flexibility index (Phi) is 3.33. The van der Waals surface area contributed by atoms with Gasteiger partial charge in [-0.2, -0.15) is 0 Å². The Balaban J connectivity index is 1.81. The third-order valence-electron chi connectivity index (χ3n) is 3.27. The molecule has 0 unspecified atom stereocenters. The highest BCUT2D eigenvalue weighted by Crippen LogP contribution is 2.16. The second-order valence-electron chi connectivity index (χ2n) is 4.71. The molecule has 4 nitrogen and oxygen atoms in total. The number of benzene rings is 1. The largest absolute Gasteiger partial charge is 0.386 e. The summed E-state index contributed by atoms with van der Waals surface area (Å²) in [6.07, 6.45) is 7.11. The van der Waals surface area contributed by atoms with Gasteiger partial charge in [-0.1, -0.05) is 6.08 Å². The van der Waals surface area contributed by atoms with E-state index in [2.05, 4.69) is 26.7 Å². The molecule has 0 fully saturated rings. The molecule has 0 radical (unpaired) electrons. The van der Waals surface area contributed by atoms with Crippen LogP contribution in [0.3, 0.4) is 0 Å². The highest BCUT2D eigenvalue weighted by atomic mass is 19.1. The van der Waals surface area contributed by atoms with Crippen LogP contribution in [0.15, 0.2) is 48.1 Å². The Morgan fingerprint density at radius 2 is 2.15 bits per heavy atom. The Morgan fingerprint density at radius 3 is 3.00 bits per heavy atom. The van der Waals surface area contributed by atoms with Gasteiger partial charge < -0.3 is 10.6 Å². The van der Waals surface area contributed by atoms with E-state index < -0.39 is 0 Å². The molecule has 2 N–H and O–H groups in total. The minimum atomic E-state index is -0.338. The molecule has 0 saturated carbocycles. The average Bonchev–Trinajstić information content (AvgIpc) is 2.46. The van der Waals surface area contributed by atoms with Crippen molar-refractivity contribution in [2.75, 3.05) is 6.54 Å². The molecule has 1 aliphatic heterocycles. The lowest BCUT2D eigenvalue weighted by Gasteiger charge is -2.16. The molecule has 20 heavy (non-hydrogen) atoms. The zero-order valence-corrected chi connectivity index (χ0v) is 11.2. The molecule has 1 aliphatic rings. The van der Waals surface area contributed by atoms with Crippen LogP contribution in [-0.4, -0.2) is 16.5 Å². The highest BCUT2D eigenvalue weighted by molar-refractivity contribution is 5.75. The number of rotatable bonds is 3. The monoisotopic (exact) mass is 270 g/mol. The quantitative estimate of drug-likeness (QED) is 0.898. The van der Waals surface area contributed by atoms with Gasteiger partial charge in [0.15, 0.2) is 5.82 Å². The number of nitrogens with one attached hydrogen (secondary N) is 2. The number of aromatic nitrogens is 2. The molecule has 1 aromatic carbocycles. The third kappa shape index (κ3) is 2.47. The van der Waals surface area contributed by atoms with Crippen molar-refractivity contribution in [3.05, 3.63) is 59.5 Å². The fourth-order valence-electron chi connectivity index (χ4n) is 2.17. The molecule has 0 spiro atoms. The molecule has 0 amide bonds. The van der Waals surface area contributed by atoms with Crippen LogP contribution >= 0.6 is 0 Å². The van der Waals surface area contributed by atoms with Gasteiger partial charge in [-0.3, -0.25) is 4.98 Å². The van der Waals surface area contributed by atoms with Crippen LogP contribution in [0.2, 0.25) is 0 Å². The van der Waals surface area contributed by atoms with Crippen molar-refractivity contribution in [3.63, 3.8) is 0 Å². The van der Waals surface area contributed by atoms with E-state index in [0.29, 0.717) is 17.6 Å². The van der Waals surface area contributed by atoms with Gasteiger partial charge in [0.2, 0.25) is 0 Å². The molecular formula is C15H15FN4. The first kappa shape index (κ1) is 12.6. The first-order valence-corrected chi connectivity index (χ1v) is 6.48. The van der Waals surface area contributed by atoms with E-state index in [-0.39, 0.29) is 5.82 Å². The molecule has 0 saturated heterocycles. The van der Waals surface area contributed by atoms with Crippen molar-refractivity contribution >= 4 is 11.0 Å². The molecule has 2 aromatic rings. The van der Waals surface area contributed by atoms with Crippen molar-refractivity contribution in [2.45, 2.75) is 13.5 Å². The van der Waals surface area contributed by atoms with Crippen molar-refractivity contribution in [3.8, 4) is 0 Å². The van der Waals surface area contributed by atoms with E-state index in [1.807, 2.05) is 19.2 Å². The van der Waals surface area contributed by atoms with E-state index in [0.717, 1.165) is 17.8 Å². The number of hydrogen-bond acceptors (Lipinski definition) is 4. The zero-order valence-electron chi connectivity index (χ0n) is 11.2. The topological polar surface area (TPSA) is 49.8 Å². The van der Waals surface area contributed by atoms with E-state index in [1.54, 1.807) is 6.20 Å². The minimum absolute atomic E-state index is 0.311. The van der Waals surface area contributed by atoms with E-state index in [4.69, 9.17) is 0 Å². The number of hydrogen-bond donors (Lipinski definition) is 2. The Morgan fingerprint density at radius 1 is 1.30 bits per heavy atom. The molecular weight excluding hydrogens is 255 g/mol. The maximum Gasteiger partial charge on any atom is 0.151 e. The van der Waals surface area contributed by atoms with Crippen molar-refractivity contribution < 1.29 is 4.39 Å². The zero-order chi connectivity index (χ0) is 13.9. The smallest absolute Gasteiger partial charge is 0.151 e. The lowest BCUT2D eigenvalue weighted by molar-refractivity contribution is 0.632. The van der Waals surface area contributed by atoms with Gasteiger partial charge >= 0.3 is 0 Å². The maximum atomic E-state index is 13.9. The number of dihydropyridines is 1. The first-order chi connectivity index (χ1) is 9.74. The summed E-state index contributed by atoms with van der Waals surface area (Å²) in [6, 6.07) is 3.36. The summed E-state index contributed by atoms with van der Waals surface area (Å²) in [5.41, 5.74) is 3.94. The van der Waals surface area contributed by atoms with E-state index in [1.165, 1.54) is 17.8 Å². The van der Waals surface area contributed by atoms with Gasteiger partial charge in [-0.05, 0) is 30.2 Å². The van der Waals surface area contributed by atoms with E-state index in [9.17, 15) is 4.39 Å². The Labute approximate surface area is 116 Å². The van der Waals surface area contributed by atoms with Crippen LogP contribution in [0.25, 0.3) is 11.0 Å². The fraction of sp³-hybridized carbons (Fsp3) is 0.200. The number of nitrogens with zero attached hydrogens (tertiary/aromatic N) is 2. The summed E-state index contributed by atoms with van der Waals surface area (Å²) in [5, 5.41) is 6.44. The van der Waals surface area contributed by atoms with Crippen molar-refractivity contribution in [2.24, 2.45) is 0 Å². The van der Waals surface area contributed by atoms with Crippen molar-refractivity contribution in [1.29, 1.82) is 0 Å². The molecule has 0 aliphatic carbocycles. The molecule has 3 rings (SSSR count). The van der Waals surface area contributed by atoms with Crippen LogP contribution in [-0.2, 0) is 6.54 Å². The molecule has 102 valence electrons. The van der Waals surface area contributed by atoms with Crippen LogP contribution < -0.4 is 10.6 Å². The minimum Gasteiger partial charge on any atom is -0.386 e. The lowest BCUT2D eigenvalue weighted by Crippen LogP contribution is -2.21. The van der Waals surface area contributed by atoms with Crippen LogP contribution in [0.1, 0.15) is 12.5 Å². The van der Waals surface area contributed by atoms with Crippen molar-refractivity contribution in [1.82, 2.24) is 20.6 Å². The van der Waals surface area contributed by atoms with Gasteiger partial charge in [0, 0.05) is 31.7 Å². The van der Waals surface area contributed by atoms with Crippen LogP contribution in [0, 0.1) is 5.82 Å². The number of halogens is 1. The number of allylic oxidation sites excluding steroid dienone is 1. The molecule has 2 heterocycles. The fourth-order valence-corrected chi connectivity index (χ4v) is 2.17. The normalized spacial score (nSPS) is 14.5. The number of fused-ring (bicyclic) bond motifs is 1. The predicted octanol–water partition coefficient (Wildman–Crippen LogP) is 2.25. The summed E-state index contributed by atoms with van der Waals surface area (Å²) < 4.78 is 13.9. The van der Waals surface area contributed by atoms with Gasteiger partial charge in [0.25, 0.3) is 0 Å². The van der Waals surface area contributed by atoms with E-state index >= 15 is 0 Å². The summed E-state index contributed by atoms with van der Waals surface area (Å²) >= 11 is 0. The average molecular weight is 270 g/mol. The highest BCUT2D eigenvalue weighted by Gasteiger charge is 2.07. The van der Waals surface area contributed by atoms with Gasteiger partial charge in [0.1, 0.15) is 5.52 Å². The standard InChI is InChI=1S/C15H15FN4/c1-10-2-3-17-9-14(10)20-8-11-6-12(16)15-13(7-11)18-4-5-19-15/h2,4-7,9,17,20H,3,8H2,1H3. The molecule has 5 heteroatoms. The summed E-state index contributed by atoms with van der Waals surface area (Å²) in [5.74, 6) is -0.338. The van der Waals surface area contributed by atoms with Gasteiger partial charge in [0.05, 0.1) is 11.2 Å². The predicted molar refractivity (Wildman–Crippen MR) is 76.2 cm³/mol. The Bertz CT molecular complexity index is 706. The third-order valence-corrected chi connectivity index (χ3v) is 3.27.